The highest BCUT2D eigenvalue weighted by molar-refractivity contribution is 7.95. The van der Waals surface area contributed by atoms with Gasteiger partial charge in [-0.25, -0.2) is 0 Å². The molecular weight excluding hydrogens is 156 g/mol. The Morgan fingerprint density at radius 1 is 1.36 bits per heavy atom. The highest BCUT2D eigenvalue weighted by Gasteiger charge is 2.24. The van der Waals surface area contributed by atoms with Gasteiger partial charge >= 0.3 is 0 Å². The summed E-state index contributed by atoms with van der Waals surface area (Å²) in [4.78, 5) is 1.28. The maximum absolute atomic E-state index is 5.93. The lowest BCUT2D eigenvalue weighted by Gasteiger charge is -2.14. The molecule has 0 aromatic heterocycles. The molecule has 1 aromatic carbocycles. The van der Waals surface area contributed by atoms with E-state index in [2.05, 4.69) is 17.4 Å². The van der Waals surface area contributed by atoms with Crippen molar-refractivity contribution in [3.63, 3.8) is 0 Å². The van der Waals surface area contributed by atoms with Crippen LogP contribution in [-0.4, -0.2) is 12.3 Å². The second kappa shape index (κ2) is 2.75. The molecule has 1 aliphatic rings. The minimum atomic E-state index is -0.0276. The third-order valence-corrected chi connectivity index (χ3v) is 3.37. The van der Waals surface area contributed by atoms with Gasteiger partial charge in [-0.05, 0) is 12.1 Å². The fourth-order valence-electron chi connectivity index (χ4n) is 1.25. The predicted molar refractivity (Wildman–Crippen MR) is 49.6 cm³/mol. The molecule has 2 nitrogen and oxygen atoms in total. The number of hydrogen-bond donors (Lipinski definition) is 2. The average molecular weight is 167 g/mol. The second-order valence-corrected chi connectivity index (χ2v) is 4.26. The van der Waals surface area contributed by atoms with E-state index >= 15 is 0 Å². The van der Waals surface area contributed by atoms with Gasteiger partial charge in [-0.1, -0.05) is 12.1 Å². The van der Waals surface area contributed by atoms with E-state index in [-0.39, 0.29) is 11.1 Å². The number of anilines is 1. The molecule has 58 valence electrons. The zero-order valence-corrected chi connectivity index (χ0v) is 7.03. The van der Waals surface area contributed by atoms with Crippen molar-refractivity contribution < 1.29 is 0 Å². The van der Waals surface area contributed by atoms with Gasteiger partial charge in [0, 0.05) is 0 Å². The number of nitrogens with two attached hydrogens (primary N) is 1. The maximum Gasteiger partial charge on any atom is 0.198 e. The van der Waals surface area contributed by atoms with Crippen molar-refractivity contribution in [2.75, 3.05) is 17.6 Å². The van der Waals surface area contributed by atoms with Crippen molar-refractivity contribution in [1.29, 1.82) is 0 Å². The number of nitrogens with one attached hydrogen (secondary N) is 1. The van der Waals surface area contributed by atoms with Crippen molar-refractivity contribution >= 4 is 16.8 Å². The van der Waals surface area contributed by atoms with E-state index < -0.39 is 0 Å². The molecule has 11 heavy (non-hydrogen) atoms. The Bertz CT molecular complexity index is 262. The van der Waals surface area contributed by atoms with Crippen molar-refractivity contribution in [2.45, 2.75) is 4.90 Å². The van der Waals surface area contributed by atoms with Crippen LogP contribution >= 0.6 is 0 Å². The van der Waals surface area contributed by atoms with Crippen molar-refractivity contribution in [3.05, 3.63) is 24.3 Å². The summed E-state index contributed by atoms with van der Waals surface area (Å²) >= 11 is -0.0276. The summed E-state index contributed by atoms with van der Waals surface area (Å²) in [6, 6.07) is 8.26. The number of rotatable bonds is 0. The van der Waals surface area contributed by atoms with Crippen LogP contribution in [-0.2, 0) is 11.1 Å². The Hall–Kier alpha value is -0.670. The summed E-state index contributed by atoms with van der Waals surface area (Å²) < 4.78 is 0. The summed E-state index contributed by atoms with van der Waals surface area (Å²) in [6.45, 7) is 1.01. The molecule has 0 amide bonds. The first-order valence-electron chi connectivity index (χ1n) is 3.66. The third-order valence-electron chi connectivity index (χ3n) is 1.81. The zero-order chi connectivity index (χ0) is 7.68. The molecular formula is C8H11N2S+. The Morgan fingerprint density at radius 3 is 3.00 bits per heavy atom. The molecule has 1 aliphatic heterocycles. The van der Waals surface area contributed by atoms with Gasteiger partial charge in [-0.3, -0.25) is 0 Å². The fourth-order valence-corrected chi connectivity index (χ4v) is 2.46. The van der Waals surface area contributed by atoms with Crippen LogP contribution in [0.25, 0.3) is 0 Å². The van der Waals surface area contributed by atoms with E-state index in [1.807, 2.05) is 12.1 Å². The van der Waals surface area contributed by atoms with E-state index in [1.165, 1.54) is 10.6 Å². The molecule has 1 heterocycles. The van der Waals surface area contributed by atoms with E-state index in [4.69, 9.17) is 5.14 Å². The van der Waals surface area contributed by atoms with Crippen molar-refractivity contribution in [1.82, 2.24) is 0 Å². The molecule has 3 N–H and O–H groups in total. The van der Waals surface area contributed by atoms with Gasteiger partial charge in [0.05, 0.1) is 12.2 Å². The third kappa shape index (κ3) is 1.21. The molecule has 1 aromatic rings. The molecule has 0 spiro atoms. The van der Waals surface area contributed by atoms with E-state index in [1.54, 1.807) is 0 Å². The van der Waals surface area contributed by atoms with Gasteiger partial charge in [-0.2, -0.15) is 0 Å². The molecule has 1 atom stereocenters. The van der Waals surface area contributed by atoms with Crippen molar-refractivity contribution in [2.24, 2.45) is 5.14 Å². The van der Waals surface area contributed by atoms with E-state index in [9.17, 15) is 0 Å². The second-order valence-electron chi connectivity index (χ2n) is 2.56. The Morgan fingerprint density at radius 2 is 2.18 bits per heavy atom. The monoisotopic (exact) mass is 167 g/mol. The van der Waals surface area contributed by atoms with Crippen molar-refractivity contribution in [3.8, 4) is 0 Å². The molecule has 3 heteroatoms. The van der Waals surface area contributed by atoms with Gasteiger partial charge in [-0.15, -0.1) is 5.14 Å². The summed E-state index contributed by atoms with van der Waals surface area (Å²) in [5.41, 5.74) is 1.21. The van der Waals surface area contributed by atoms with Crippen LogP contribution < -0.4 is 10.5 Å². The summed E-state index contributed by atoms with van der Waals surface area (Å²) in [5, 5.41) is 9.25. The zero-order valence-electron chi connectivity index (χ0n) is 6.21. The minimum Gasteiger partial charge on any atom is -0.376 e. The van der Waals surface area contributed by atoms with Gasteiger partial charge in [0.1, 0.15) is 16.8 Å². The molecule has 0 bridgehead atoms. The summed E-state index contributed by atoms with van der Waals surface area (Å²) in [7, 11) is 0. The normalized spacial score (nSPS) is 22.1. The van der Waals surface area contributed by atoms with E-state index in [0.717, 1.165) is 12.3 Å². The first-order chi connectivity index (χ1) is 5.38. The van der Waals surface area contributed by atoms with Crippen LogP contribution in [0.3, 0.4) is 0 Å². The number of para-hydroxylation sites is 1. The molecule has 0 aliphatic carbocycles. The topological polar surface area (TPSA) is 38.0 Å². The molecule has 1 unspecified atom stereocenters. The molecule has 0 saturated carbocycles. The van der Waals surface area contributed by atoms with Gasteiger partial charge in [0.15, 0.2) is 4.90 Å². The van der Waals surface area contributed by atoms with Crippen LogP contribution in [0.5, 0.6) is 0 Å². The predicted octanol–water partition coefficient (Wildman–Crippen LogP) is 0.963. The first kappa shape index (κ1) is 7.00. The summed E-state index contributed by atoms with van der Waals surface area (Å²) in [6.07, 6.45) is 0. The van der Waals surface area contributed by atoms with Crippen LogP contribution in [0.1, 0.15) is 0 Å². The Labute approximate surface area is 69.3 Å². The van der Waals surface area contributed by atoms with Gasteiger partial charge in [0.25, 0.3) is 0 Å². The highest BCUT2D eigenvalue weighted by atomic mass is 32.2. The lowest BCUT2D eigenvalue weighted by atomic mass is 10.3. The highest BCUT2D eigenvalue weighted by Crippen LogP contribution is 2.23. The van der Waals surface area contributed by atoms with E-state index in [0.29, 0.717) is 0 Å². The number of hydrogen-bond acceptors (Lipinski definition) is 2. The fraction of sp³-hybridized carbons (Fsp3) is 0.250. The van der Waals surface area contributed by atoms with Crippen LogP contribution in [0.2, 0.25) is 0 Å². The Kier molecular flexibility index (Phi) is 1.75. The largest absolute Gasteiger partial charge is 0.376 e. The lowest BCUT2D eigenvalue weighted by molar-refractivity contribution is 1.15. The smallest absolute Gasteiger partial charge is 0.198 e. The average Bonchev–Trinajstić information content (AvgIpc) is 2.06. The molecule has 2 rings (SSSR count). The lowest BCUT2D eigenvalue weighted by Crippen LogP contribution is -2.29. The van der Waals surface area contributed by atoms with Crippen LogP contribution in [0, 0.1) is 0 Å². The first-order valence-corrected chi connectivity index (χ1v) is 5.12. The summed E-state index contributed by atoms with van der Waals surface area (Å²) in [5.74, 6) is 1.07. The van der Waals surface area contributed by atoms with Crippen LogP contribution in [0.15, 0.2) is 29.2 Å². The van der Waals surface area contributed by atoms with Gasteiger partial charge < -0.3 is 5.32 Å². The standard InChI is InChI=1S/C8H11N2S/c9-11-6-5-10-7-3-1-2-4-8(7)11/h1-4,10H,5-6,9H2/q+1. The van der Waals surface area contributed by atoms with Crippen LogP contribution in [0.4, 0.5) is 5.69 Å². The molecule has 0 fully saturated rings. The quantitative estimate of drug-likeness (QED) is 0.565. The molecule has 0 radical (unpaired) electrons. The SMILES string of the molecule is N[S+]1CCNc2ccccc21. The molecule has 0 saturated heterocycles. The maximum atomic E-state index is 5.93. The Balaban J connectivity index is 2.44. The number of fused-ring (bicyclic) bond motifs is 1. The number of benzene rings is 1. The minimum absolute atomic E-state index is 0.0276. The van der Waals surface area contributed by atoms with Gasteiger partial charge in [0.2, 0.25) is 0 Å².